The first-order chi connectivity index (χ1) is 6.66. The van der Waals surface area contributed by atoms with E-state index in [0.717, 1.165) is 14.5 Å². The molecule has 0 aliphatic carbocycles. The summed E-state index contributed by atoms with van der Waals surface area (Å²) in [6, 6.07) is 5.80. The highest BCUT2D eigenvalue weighted by molar-refractivity contribution is 9.11. The van der Waals surface area contributed by atoms with Gasteiger partial charge >= 0.3 is 0 Å². The Kier molecular flexibility index (Phi) is 2.69. The lowest BCUT2D eigenvalue weighted by molar-refractivity contribution is 0.532. The molecule has 0 amide bonds. The summed E-state index contributed by atoms with van der Waals surface area (Å²) >= 11 is 6.82. The molecule has 0 spiro atoms. The number of hydrogen-bond acceptors (Lipinski definition) is 3. The van der Waals surface area contributed by atoms with Crippen molar-refractivity contribution in [2.75, 3.05) is 0 Å². The first kappa shape index (κ1) is 9.86. The summed E-state index contributed by atoms with van der Waals surface area (Å²) in [5.41, 5.74) is 0.889. The molecule has 1 aromatic heterocycles. The SMILES string of the molecule is Cc1nnc(-c2cc(Br)ccc2Br)o1. The average Bonchev–Trinajstić information content (AvgIpc) is 2.56. The van der Waals surface area contributed by atoms with Crippen LogP contribution in [0, 0.1) is 6.92 Å². The van der Waals surface area contributed by atoms with Crippen LogP contribution < -0.4 is 0 Å². The summed E-state index contributed by atoms with van der Waals surface area (Å²) in [7, 11) is 0. The van der Waals surface area contributed by atoms with Gasteiger partial charge in [0.1, 0.15) is 0 Å². The fraction of sp³-hybridized carbons (Fsp3) is 0.111. The molecule has 0 saturated carbocycles. The number of aromatic nitrogens is 2. The zero-order chi connectivity index (χ0) is 10.1. The third-order valence-corrected chi connectivity index (χ3v) is 2.87. The van der Waals surface area contributed by atoms with E-state index in [1.54, 1.807) is 6.92 Å². The summed E-state index contributed by atoms with van der Waals surface area (Å²) in [4.78, 5) is 0. The fourth-order valence-electron chi connectivity index (χ4n) is 1.07. The molecule has 0 saturated heterocycles. The minimum absolute atomic E-state index is 0.524. The van der Waals surface area contributed by atoms with Gasteiger partial charge in [-0.15, -0.1) is 10.2 Å². The molecule has 14 heavy (non-hydrogen) atoms. The van der Waals surface area contributed by atoms with Gasteiger partial charge in [-0.1, -0.05) is 15.9 Å². The van der Waals surface area contributed by atoms with Gasteiger partial charge in [0.05, 0.1) is 5.56 Å². The zero-order valence-electron chi connectivity index (χ0n) is 7.29. The lowest BCUT2D eigenvalue weighted by Crippen LogP contribution is -1.80. The van der Waals surface area contributed by atoms with E-state index in [1.807, 2.05) is 18.2 Å². The number of halogens is 2. The van der Waals surface area contributed by atoms with Crippen LogP contribution in [-0.2, 0) is 0 Å². The van der Waals surface area contributed by atoms with Gasteiger partial charge in [0, 0.05) is 15.9 Å². The Morgan fingerprint density at radius 2 is 2.00 bits per heavy atom. The molecule has 2 aromatic rings. The molecule has 0 atom stereocenters. The van der Waals surface area contributed by atoms with Crippen molar-refractivity contribution in [3.05, 3.63) is 33.0 Å². The maximum absolute atomic E-state index is 5.33. The Hall–Kier alpha value is -0.680. The first-order valence-electron chi connectivity index (χ1n) is 3.92. The quantitative estimate of drug-likeness (QED) is 0.807. The lowest BCUT2D eigenvalue weighted by atomic mass is 10.2. The van der Waals surface area contributed by atoms with Crippen molar-refractivity contribution in [3.63, 3.8) is 0 Å². The highest BCUT2D eigenvalue weighted by Gasteiger charge is 2.09. The van der Waals surface area contributed by atoms with Crippen LogP contribution >= 0.6 is 31.9 Å². The van der Waals surface area contributed by atoms with Crippen LogP contribution in [0.5, 0.6) is 0 Å². The maximum atomic E-state index is 5.33. The summed E-state index contributed by atoms with van der Waals surface area (Å²) < 4.78 is 7.25. The molecule has 0 fully saturated rings. The molecule has 1 aromatic carbocycles. The van der Waals surface area contributed by atoms with E-state index in [9.17, 15) is 0 Å². The fourth-order valence-corrected chi connectivity index (χ4v) is 1.84. The molecule has 0 radical (unpaired) electrons. The van der Waals surface area contributed by atoms with Crippen molar-refractivity contribution in [1.82, 2.24) is 10.2 Å². The normalized spacial score (nSPS) is 10.5. The molecule has 0 aliphatic heterocycles. The largest absolute Gasteiger partial charge is 0.421 e. The van der Waals surface area contributed by atoms with Crippen LogP contribution in [0.2, 0.25) is 0 Å². The van der Waals surface area contributed by atoms with Crippen LogP contribution in [0.4, 0.5) is 0 Å². The summed E-state index contributed by atoms with van der Waals surface area (Å²) in [5, 5.41) is 7.73. The molecule has 0 unspecified atom stereocenters. The summed E-state index contributed by atoms with van der Waals surface area (Å²) in [6.07, 6.45) is 0. The standard InChI is InChI=1S/C9H6Br2N2O/c1-5-12-13-9(14-5)7-4-6(10)2-3-8(7)11/h2-4H,1H3. The van der Waals surface area contributed by atoms with E-state index in [4.69, 9.17) is 4.42 Å². The van der Waals surface area contributed by atoms with Crippen LogP contribution in [0.1, 0.15) is 5.89 Å². The van der Waals surface area contributed by atoms with E-state index in [0.29, 0.717) is 11.8 Å². The van der Waals surface area contributed by atoms with Gasteiger partial charge in [-0.2, -0.15) is 0 Å². The van der Waals surface area contributed by atoms with E-state index < -0.39 is 0 Å². The van der Waals surface area contributed by atoms with Crippen molar-refractivity contribution in [2.45, 2.75) is 6.92 Å². The zero-order valence-corrected chi connectivity index (χ0v) is 10.5. The van der Waals surface area contributed by atoms with Gasteiger partial charge in [0.25, 0.3) is 0 Å². The molecule has 5 heteroatoms. The van der Waals surface area contributed by atoms with Crippen molar-refractivity contribution >= 4 is 31.9 Å². The first-order valence-corrected chi connectivity index (χ1v) is 5.51. The Bertz CT molecular complexity index is 468. The van der Waals surface area contributed by atoms with E-state index in [1.165, 1.54) is 0 Å². The van der Waals surface area contributed by atoms with Crippen molar-refractivity contribution < 1.29 is 4.42 Å². The Morgan fingerprint density at radius 3 is 2.64 bits per heavy atom. The molecule has 2 rings (SSSR count). The van der Waals surface area contributed by atoms with Gasteiger partial charge in [0.2, 0.25) is 11.8 Å². The lowest BCUT2D eigenvalue weighted by Gasteiger charge is -1.99. The molecule has 0 N–H and O–H groups in total. The van der Waals surface area contributed by atoms with Crippen molar-refractivity contribution in [1.29, 1.82) is 0 Å². The van der Waals surface area contributed by atoms with Crippen molar-refractivity contribution in [3.8, 4) is 11.5 Å². The molecule has 3 nitrogen and oxygen atoms in total. The Balaban J connectivity index is 2.55. The Labute approximate surface area is 97.8 Å². The predicted octanol–water partition coefficient (Wildman–Crippen LogP) is 3.57. The minimum Gasteiger partial charge on any atom is -0.421 e. The van der Waals surface area contributed by atoms with E-state index >= 15 is 0 Å². The summed E-state index contributed by atoms with van der Waals surface area (Å²) in [5.74, 6) is 1.09. The highest BCUT2D eigenvalue weighted by Crippen LogP contribution is 2.29. The minimum atomic E-state index is 0.524. The molecule has 0 bridgehead atoms. The molecular weight excluding hydrogens is 312 g/mol. The second-order valence-corrected chi connectivity index (χ2v) is 4.52. The second kappa shape index (κ2) is 3.82. The van der Waals surface area contributed by atoms with Crippen LogP contribution in [0.15, 0.2) is 31.6 Å². The molecule has 0 aliphatic rings. The second-order valence-electron chi connectivity index (χ2n) is 2.75. The van der Waals surface area contributed by atoms with Crippen LogP contribution in [0.25, 0.3) is 11.5 Å². The van der Waals surface area contributed by atoms with E-state index in [-0.39, 0.29) is 0 Å². The number of nitrogens with zero attached hydrogens (tertiary/aromatic N) is 2. The third-order valence-electron chi connectivity index (χ3n) is 1.68. The van der Waals surface area contributed by atoms with Gasteiger partial charge < -0.3 is 4.42 Å². The smallest absolute Gasteiger partial charge is 0.248 e. The van der Waals surface area contributed by atoms with Gasteiger partial charge in [-0.3, -0.25) is 0 Å². The predicted molar refractivity (Wildman–Crippen MR) is 59.9 cm³/mol. The van der Waals surface area contributed by atoms with Gasteiger partial charge in [-0.25, -0.2) is 0 Å². The number of aryl methyl sites for hydroxylation is 1. The van der Waals surface area contributed by atoms with Gasteiger partial charge in [-0.05, 0) is 34.1 Å². The van der Waals surface area contributed by atoms with E-state index in [2.05, 4.69) is 42.1 Å². The third kappa shape index (κ3) is 1.88. The monoisotopic (exact) mass is 316 g/mol. The average molecular weight is 318 g/mol. The van der Waals surface area contributed by atoms with Gasteiger partial charge in [0.15, 0.2) is 0 Å². The number of benzene rings is 1. The molecule has 1 heterocycles. The highest BCUT2D eigenvalue weighted by atomic mass is 79.9. The van der Waals surface area contributed by atoms with Crippen molar-refractivity contribution in [2.24, 2.45) is 0 Å². The molecule has 72 valence electrons. The number of rotatable bonds is 1. The van der Waals surface area contributed by atoms with Crippen LogP contribution in [-0.4, -0.2) is 10.2 Å². The Morgan fingerprint density at radius 1 is 1.21 bits per heavy atom. The molecular formula is C9H6Br2N2O. The summed E-state index contributed by atoms with van der Waals surface area (Å²) in [6.45, 7) is 1.77. The maximum Gasteiger partial charge on any atom is 0.248 e. The van der Waals surface area contributed by atoms with Crippen LogP contribution in [0.3, 0.4) is 0 Å². The number of hydrogen-bond donors (Lipinski definition) is 0. The topological polar surface area (TPSA) is 38.9 Å².